The Morgan fingerprint density at radius 2 is 1.80 bits per heavy atom. The molecule has 1 nitrogen and oxygen atoms in total. The monoisotopic (exact) mass is 301 g/mol. The minimum absolute atomic E-state index is 0. The van der Waals surface area contributed by atoms with Gasteiger partial charge < -0.3 is 4.98 Å². The Bertz CT molecular complexity index is 146. The molecule has 0 saturated carbocycles. The van der Waals surface area contributed by atoms with Gasteiger partial charge in [0.1, 0.15) is 8.96 Å². The third kappa shape index (κ3) is 25.3. The van der Waals surface area contributed by atoms with E-state index < -0.39 is 0 Å². The maximum absolute atomic E-state index is 3.41. The van der Waals surface area contributed by atoms with E-state index in [0.717, 1.165) is 6.42 Å². The summed E-state index contributed by atoms with van der Waals surface area (Å²) in [6.07, 6.45) is 10.0. The van der Waals surface area contributed by atoms with Gasteiger partial charge in [-0.15, -0.1) is 31.2 Å². The smallest absolute Gasteiger partial charge is 0.127 e. The molecule has 0 heterocycles. The fourth-order valence-corrected chi connectivity index (χ4v) is 2.07. The van der Waals surface area contributed by atoms with Crippen LogP contribution in [0.3, 0.4) is 0 Å². The van der Waals surface area contributed by atoms with Crippen molar-refractivity contribution in [1.29, 1.82) is 0 Å². The van der Waals surface area contributed by atoms with Gasteiger partial charge in [0, 0.05) is 21.7 Å². The summed E-state index contributed by atoms with van der Waals surface area (Å²) in [7, 11) is -0.184. The molecular formula is C10H21Cl2NSiTi-. The van der Waals surface area contributed by atoms with Gasteiger partial charge in [0.05, 0.1) is 0 Å². The Hall–Kier alpha value is 0.951. The molecule has 0 spiro atoms. The summed E-state index contributed by atoms with van der Waals surface area (Å²) in [5.41, 5.74) is 0. The molecule has 0 bridgehead atoms. The van der Waals surface area contributed by atoms with E-state index in [1.54, 1.807) is 0 Å². The molecule has 0 amide bonds. The molecule has 0 saturated heterocycles. The quantitative estimate of drug-likeness (QED) is 0.609. The average molecular weight is 302 g/mol. The molecule has 1 aliphatic carbocycles. The first-order valence-electron chi connectivity index (χ1n) is 4.41. The van der Waals surface area contributed by atoms with Gasteiger partial charge in [-0.25, -0.2) is 12.2 Å². The molecule has 1 N–H and O–H groups in total. The number of nitrogens with one attached hydrogen (secondary N) is 1. The Labute approximate surface area is 124 Å². The molecule has 0 aromatic heterocycles. The fourth-order valence-electron chi connectivity index (χ4n) is 0.918. The van der Waals surface area contributed by atoms with Crippen LogP contribution in [0, 0.1) is 6.08 Å². The van der Waals surface area contributed by atoms with Crippen molar-refractivity contribution in [3.8, 4) is 0 Å². The first kappa shape index (κ1) is 25.0. The standard InChI is InChI=1S/C5H14NSi.C5H5.2ClH.Ti/c1-5(2)6-7(3)4;1-2-4-5-3-1;;;/h5-6H,1-4H3;1-3H,4H2;2*1H;/q;-1;;;. The summed E-state index contributed by atoms with van der Waals surface area (Å²) < 4.78 is 0. The van der Waals surface area contributed by atoms with Crippen molar-refractivity contribution in [3.63, 3.8) is 0 Å². The van der Waals surface area contributed by atoms with Crippen LogP contribution in [0.5, 0.6) is 0 Å². The molecule has 1 rings (SSSR count). The molecule has 89 valence electrons. The van der Waals surface area contributed by atoms with Gasteiger partial charge in [-0.3, -0.25) is 6.08 Å². The summed E-state index contributed by atoms with van der Waals surface area (Å²) in [4.78, 5) is 3.41. The largest absolute Gasteiger partial charge is 0.336 e. The van der Waals surface area contributed by atoms with Crippen molar-refractivity contribution in [3.05, 3.63) is 24.3 Å². The van der Waals surface area contributed by atoms with Gasteiger partial charge >= 0.3 is 0 Å². The van der Waals surface area contributed by atoms with Crippen LogP contribution in [0.1, 0.15) is 20.3 Å². The SMILES string of the molecule is CC(C)N[Si](C)C.Cl.Cl.[C-]1=CC=CC1.[Ti]. The topological polar surface area (TPSA) is 12.0 Å². The van der Waals surface area contributed by atoms with Gasteiger partial charge in [0.15, 0.2) is 0 Å². The van der Waals surface area contributed by atoms with Crippen molar-refractivity contribution < 1.29 is 21.7 Å². The van der Waals surface area contributed by atoms with Crippen LogP contribution in [0.4, 0.5) is 0 Å². The summed E-state index contributed by atoms with van der Waals surface area (Å²) >= 11 is 0. The summed E-state index contributed by atoms with van der Waals surface area (Å²) in [6, 6.07) is 0.670. The van der Waals surface area contributed by atoms with Crippen LogP contribution < -0.4 is 4.98 Å². The number of hydrogen-bond donors (Lipinski definition) is 1. The van der Waals surface area contributed by atoms with Crippen LogP contribution in [0.2, 0.25) is 13.1 Å². The molecule has 0 fully saturated rings. The van der Waals surface area contributed by atoms with Crippen molar-refractivity contribution >= 4 is 33.8 Å². The first-order chi connectivity index (χ1) is 5.63. The normalized spacial score (nSPS) is 11.1. The number of hydrogen-bond acceptors (Lipinski definition) is 1. The molecule has 0 atom stereocenters. The second-order valence-electron chi connectivity index (χ2n) is 3.30. The van der Waals surface area contributed by atoms with Gasteiger partial charge in [-0.2, -0.15) is 6.08 Å². The van der Waals surface area contributed by atoms with Crippen LogP contribution >= 0.6 is 24.8 Å². The molecule has 1 aliphatic rings. The number of allylic oxidation sites excluding steroid dienone is 4. The molecular weight excluding hydrogens is 281 g/mol. The Balaban J connectivity index is -0.0000000687. The third-order valence-electron chi connectivity index (χ3n) is 1.16. The molecule has 1 radical (unpaired) electrons. The molecule has 0 aliphatic heterocycles. The van der Waals surface area contributed by atoms with Crippen LogP contribution in [0.15, 0.2) is 18.2 Å². The van der Waals surface area contributed by atoms with Crippen molar-refractivity contribution in [2.45, 2.75) is 39.4 Å². The zero-order valence-corrected chi connectivity index (χ0v) is 14.0. The summed E-state index contributed by atoms with van der Waals surface area (Å²) in [5, 5.41) is 0. The van der Waals surface area contributed by atoms with Gasteiger partial charge in [0.25, 0.3) is 0 Å². The predicted octanol–water partition coefficient (Wildman–Crippen LogP) is 3.38. The average Bonchev–Trinajstić information content (AvgIpc) is 2.36. The predicted molar refractivity (Wildman–Crippen MR) is 71.8 cm³/mol. The van der Waals surface area contributed by atoms with E-state index in [0.29, 0.717) is 6.04 Å². The Morgan fingerprint density at radius 3 is 1.87 bits per heavy atom. The molecule has 5 heteroatoms. The van der Waals surface area contributed by atoms with Crippen molar-refractivity contribution in [2.24, 2.45) is 0 Å². The Morgan fingerprint density at radius 1 is 1.27 bits per heavy atom. The van der Waals surface area contributed by atoms with E-state index in [9.17, 15) is 0 Å². The minimum atomic E-state index is -0.184. The molecule has 0 aromatic rings. The summed E-state index contributed by atoms with van der Waals surface area (Å²) in [5.74, 6) is 0. The van der Waals surface area contributed by atoms with E-state index in [1.807, 2.05) is 12.2 Å². The number of halogens is 2. The third-order valence-corrected chi connectivity index (χ3v) is 2.32. The van der Waals surface area contributed by atoms with E-state index in [2.05, 4.69) is 44.1 Å². The maximum atomic E-state index is 3.41. The number of rotatable bonds is 2. The van der Waals surface area contributed by atoms with Crippen molar-refractivity contribution in [2.75, 3.05) is 0 Å². The van der Waals surface area contributed by atoms with Crippen LogP contribution in [-0.2, 0) is 21.7 Å². The molecule has 0 aromatic carbocycles. The fraction of sp³-hybridized carbons (Fsp3) is 0.600. The van der Waals surface area contributed by atoms with E-state index in [-0.39, 0.29) is 55.5 Å². The van der Waals surface area contributed by atoms with Crippen LogP contribution in [0.25, 0.3) is 0 Å². The van der Waals surface area contributed by atoms with Gasteiger partial charge in [-0.05, 0) is 6.04 Å². The second kappa shape index (κ2) is 17.3. The molecule has 15 heavy (non-hydrogen) atoms. The zero-order chi connectivity index (χ0) is 9.40. The molecule has 0 unspecified atom stereocenters. The first-order valence-corrected chi connectivity index (χ1v) is 6.91. The minimum Gasteiger partial charge on any atom is -0.336 e. The second-order valence-corrected chi connectivity index (χ2v) is 5.59. The van der Waals surface area contributed by atoms with Crippen LogP contribution in [-0.4, -0.2) is 15.0 Å². The maximum Gasteiger partial charge on any atom is 0.127 e. The van der Waals surface area contributed by atoms with Gasteiger partial charge in [-0.1, -0.05) is 26.9 Å². The summed E-state index contributed by atoms with van der Waals surface area (Å²) in [6.45, 7) is 8.87. The van der Waals surface area contributed by atoms with E-state index in [4.69, 9.17) is 0 Å². The van der Waals surface area contributed by atoms with Gasteiger partial charge in [0.2, 0.25) is 0 Å². The van der Waals surface area contributed by atoms with E-state index >= 15 is 0 Å². The van der Waals surface area contributed by atoms with E-state index in [1.165, 1.54) is 0 Å². The van der Waals surface area contributed by atoms with Crippen molar-refractivity contribution in [1.82, 2.24) is 4.98 Å². The zero-order valence-electron chi connectivity index (χ0n) is 9.83. The Kier molecular flexibility index (Phi) is 28.9.